The van der Waals surface area contributed by atoms with Crippen LogP contribution >= 0.6 is 0 Å². The van der Waals surface area contributed by atoms with Crippen molar-refractivity contribution in [2.75, 3.05) is 32.1 Å². The van der Waals surface area contributed by atoms with Gasteiger partial charge in [0.2, 0.25) is 0 Å². The molecule has 0 amide bonds. The van der Waals surface area contributed by atoms with Crippen LogP contribution in [0.15, 0.2) is 29.3 Å². The quantitative estimate of drug-likeness (QED) is 0.899. The van der Waals surface area contributed by atoms with Gasteiger partial charge in [0, 0.05) is 24.3 Å². The van der Waals surface area contributed by atoms with Gasteiger partial charge in [-0.3, -0.25) is 4.99 Å². The number of methoxy groups -OCH3 is 1. The number of aliphatic imine (C=N–C) groups is 1. The first-order chi connectivity index (χ1) is 10.1. The van der Waals surface area contributed by atoms with Gasteiger partial charge in [0.25, 0.3) is 0 Å². The van der Waals surface area contributed by atoms with Crippen LogP contribution in [0.2, 0.25) is 0 Å². The molecule has 1 saturated heterocycles. The lowest BCUT2D eigenvalue weighted by Crippen LogP contribution is -2.59. The summed E-state index contributed by atoms with van der Waals surface area (Å²) in [6.45, 7) is 4.14. The molecule has 0 aromatic heterocycles. The third-order valence-electron chi connectivity index (χ3n) is 4.91. The van der Waals surface area contributed by atoms with Gasteiger partial charge in [-0.15, -0.1) is 0 Å². The molecule has 5 heteroatoms. The summed E-state index contributed by atoms with van der Waals surface area (Å²) < 4.78 is 5.35. The number of hydrogen-bond acceptors (Lipinski definition) is 5. The van der Waals surface area contributed by atoms with Gasteiger partial charge in [-0.25, -0.2) is 0 Å². The van der Waals surface area contributed by atoms with Crippen LogP contribution in [0.25, 0.3) is 0 Å². The van der Waals surface area contributed by atoms with E-state index in [9.17, 15) is 0 Å². The number of anilines is 1. The average Bonchev–Trinajstić information content (AvgIpc) is 2.80. The van der Waals surface area contributed by atoms with E-state index in [-0.39, 0.29) is 5.54 Å². The smallest absolute Gasteiger partial charge is 0.196 e. The largest absolute Gasteiger partial charge is 0.497 e. The van der Waals surface area contributed by atoms with E-state index in [4.69, 9.17) is 10.5 Å². The summed E-state index contributed by atoms with van der Waals surface area (Å²) in [5.74, 6) is 1.48. The fourth-order valence-electron chi connectivity index (χ4n) is 3.53. The Balaban J connectivity index is 1.95. The maximum atomic E-state index is 6.21. The first kappa shape index (κ1) is 14.2. The molecule has 1 aromatic rings. The predicted molar refractivity (Wildman–Crippen MR) is 86.0 cm³/mol. The molecule has 0 saturated carbocycles. The summed E-state index contributed by atoms with van der Waals surface area (Å²) in [5.41, 5.74) is 7.30. The Morgan fingerprint density at radius 1 is 1.43 bits per heavy atom. The Kier molecular flexibility index (Phi) is 3.53. The van der Waals surface area contributed by atoms with E-state index in [1.807, 2.05) is 18.2 Å². The van der Waals surface area contributed by atoms with E-state index in [2.05, 4.69) is 34.8 Å². The number of likely N-dealkylation sites (tertiary alicyclic amines) is 1. The normalized spacial score (nSPS) is 29.8. The highest BCUT2D eigenvalue weighted by molar-refractivity contribution is 5.98. The van der Waals surface area contributed by atoms with Crippen LogP contribution in [0.1, 0.15) is 19.8 Å². The van der Waals surface area contributed by atoms with Crippen molar-refractivity contribution in [1.82, 2.24) is 4.90 Å². The van der Waals surface area contributed by atoms with Crippen molar-refractivity contribution in [1.29, 1.82) is 0 Å². The van der Waals surface area contributed by atoms with Gasteiger partial charge in [-0.1, -0.05) is 6.07 Å². The molecule has 3 rings (SSSR count). The summed E-state index contributed by atoms with van der Waals surface area (Å²) in [6, 6.07) is 8.62. The zero-order chi connectivity index (χ0) is 15.0. The van der Waals surface area contributed by atoms with Gasteiger partial charge < -0.3 is 20.3 Å². The second-order valence-corrected chi connectivity index (χ2v) is 6.22. The molecule has 0 radical (unpaired) electrons. The van der Waals surface area contributed by atoms with Crippen molar-refractivity contribution in [3.63, 3.8) is 0 Å². The highest BCUT2D eigenvalue weighted by Gasteiger charge is 2.46. The topological polar surface area (TPSA) is 54.1 Å². The monoisotopic (exact) mass is 288 g/mol. The zero-order valence-electron chi connectivity index (χ0n) is 13.0. The van der Waals surface area contributed by atoms with E-state index >= 15 is 0 Å². The Hall–Kier alpha value is -1.75. The van der Waals surface area contributed by atoms with Crippen molar-refractivity contribution in [2.45, 2.75) is 31.3 Å². The van der Waals surface area contributed by atoms with Crippen molar-refractivity contribution < 1.29 is 4.74 Å². The average molecular weight is 288 g/mol. The minimum Gasteiger partial charge on any atom is -0.497 e. The fraction of sp³-hybridized carbons (Fsp3) is 0.562. The molecule has 2 aliphatic heterocycles. The Labute approximate surface area is 126 Å². The molecule has 0 bridgehead atoms. The fourth-order valence-corrected chi connectivity index (χ4v) is 3.53. The molecule has 1 aromatic carbocycles. The molecular weight excluding hydrogens is 264 g/mol. The number of rotatable bonds is 2. The molecule has 2 unspecified atom stereocenters. The zero-order valence-corrected chi connectivity index (χ0v) is 13.0. The summed E-state index contributed by atoms with van der Waals surface area (Å²) in [4.78, 5) is 9.17. The molecule has 114 valence electrons. The van der Waals surface area contributed by atoms with Crippen LogP contribution in [0.3, 0.4) is 0 Å². The predicted octanol–water partition coefficient (Wildman–Crippen LogP) is 1.68. The Bertz CT molecular complexity index is 559. The molecule has 2 heterocycles. The SMILES string of the molecule is COc1cccc(N2C(N)=NCC23CCN(C)C(C)C3)c1. The third kappa shape index (κ3) is 2.35. The van der Waals surface area contributed by atoms with E-state index in [1.54, 1.807) is 7.11 Å². The number of nitrogens with zero attached hydrogens (tertiary/aromatic N) is 3. The summed E-state index contributed by atoms with van der Waals surface area (Å²) >= 11 is 0. The van der Waals surface area contributed by atoms with Gasteiger partial charge in [0.05, 0.1) is 19.2 Å². The van der Waals surface area contributed by atoms with E-state index < -0.39 is 0 Å². The van der Waals surface area contributed by atoms with Gasteiger partial charge in [-0.05, 0) is 38.9 Å². The van der Waals surface area contributed by atoms with Crippen molar-refractivity contribution in [3.8, 4) is 5.75 Å². The van der Waals surface area contributed by atoms with Gasteiger partial charge >= 0.3 is 0 Å². The van der Waals surface area contributed by atoms with Gasteiger partial charge in [0.1, 0.15) is 5.75 Å². The van der Waals surface area contributed by atoms with Gasteiger partial charge in [-0.2, -0.15) is 0 Å². The molecule has 2 aliphatic rings. The number of ether oxygens (including phenoxy) is 1. The summed E-state index contributed by atoms with van der Waals surface area (Å²) in [6.07, 6.45) is 2.15. The van der Waals surface area contributed by atoms with Crippen molar-refractivity contribution in [3.05, 3.63) is 24.3 Å². The van der Waals surface area contributed by atoms with Crippen LogP contribution in [-0.2, 0) is 0 Å². The maximum Gasteiger partial charge on any atom is 0.196 e. The first-order valence-corrected chi connectivity index (χ1v) is 7.50. The Morgan fingerprint density at radius 2 is 2.24 bits per heavy atom. The van der Waals surface area contributed by atoms with Crippen LogP contribution in [-0.4, -0.2) is 49.7 Å². The number of hydrogen-bond donors (Lipinski definition) is 1. The molecule has 2 N–H and O–H groups in total. The number of piperidine rings is 1. The third-order valence-corrected chi connectivity index (χ3v) is 4.91. The first-order valence-electron chi connectivity index (χ1n) is 7.50. The number of nitrogens with two attached hydrogens (primary N) is 1. The molecular formula is C16H24N4O. The van der Waals surface area contributed by atoms with Crippen molar-refractivity contribution >= 4 is 11.6 Å². The van der Waals surface area contributed by atoms with Gasteiger partial charge in [0.15, 0.2) is 5.96 Å². The number of benzene rings is 1. The highest BCUT2D eigenvalue weighted by Crippen LogP contribution is 2.39. The molecule has 0 aliphatic carbocycles. The molecule has 5 nitrogen and oxygen atoms in total. The Morgan fingerprint density at radius 3 is 2.95 bits per heavy atom. The summed E-state index contributed by atoms with van der Waals surface area (Å²) in [5, 5.41) is 0. The lowest BCUT2D eigenvalue weighted by Gasteiger charge is -2.47. The maximum absolute atomic E-state index is 6.21. The van der Waals surface area contributed by atoms with Crippen LogP contribution in [0, 0.1) is 0 Å². The highest BCUT2D eigenvalue weighted by atomic mass is 16.5. The second kappa shape index (κ2) is 5.22. The van der Waals surface area contributed by atoms with E-state index in [0.29, 0.717) is 12.0 Å². The summed E-state index contributed by atoms with van der Waals surface area (Å²) in [7, 11) is 3.88. The van der Waals surface area contributed by atoms with Crippen LogP contribution < -0.4 is 15.4 Å². The molecule has 2 atom stereocenters. The molecule has 1 fully saturated rings. The standard InChI is InChI=1S/C16H24N4O/c1-12-10-16(7-8-19(12)2)11-18-15(17)20(16)13-5-4-6-14(9-13)21-3/h4-6,9,12H,7-8,10-11H2,1-3H3,(H2,17,18). The molecule has 21 heavy (non-hydrogen) atoms. The minimum absolute atomic E-state index is 0.0162. The van der Waals surface area contributed by atoms with E-state index in [1.165, 1.54) is 0 Å². The van der Waals surface area contributed by atoms with Crippen molar-refractivity contribution in [2.24, 2.45) is 10.7 Å². The lowest BCUT2D eigenvalue weighted by molar-refractivity contribution is 0.141. The minimum atomic E-state index is 0.0162. The van der Waals surface area contributed by atoms with Crippen LogP contribution in [0.4, 0.5) is 5.69 Å². The number of guanidine groups is 1. The van der Waals surface area contributed by atoms with E-state index in [0.717, 1.165) is 37.4 Å². The molecule has 1 spiro atoms. The van der Waals surface area contributed by atoms with Crippen LogP contribution in [0.5, 0.6) is 5.75 Å². The second-order valence-electron chi connectivity index (χ2n) is 6.22. The lowest BCUT2D eigenvalue weighted by atomic mass is 9.82.